The van der Waals surface area contributed by atoms with Crippen molar-refractivity contribution in [1.82, 2.24) is 15.0 Å². The highest BCUT2D eigenvalue weighted by atomic mass is 16.6. The average Bonchev–Trinajstić information content (AvgIpc) is 3.31. The minimum atomic E-state index is -0.795. The zero-order chi connectivity index (χ0) is 26.5. The van der Waals surface area contributed by atoms with Crippen LogP contribution in [0.5, 0.6) is 0 Å². The molecule has 2 unspecified atom stereocenters. The van der Waals surface area contributed by atoms with Crippen LogP contribution in [-0.2, 0) is 22.6 Å². The summed E-state index contributed by atoms with van der Waals surface area (Å²) in [5.41, 5.74) is 3.35. The van der Waals surface area contributed by atoms with Gasteiger partial charge in [-0.15, -0.1) is 0 Å². The molecule has 37 heavy (non-hydrogen) atoms. The number of ether oxygens (including phenoxy) is 1. The zero-order valence-corrected chi connectivity index (χ0v) is 21.2. The Kier molecular flexibility index (Phi) is 7.88. The van der Waals surface area contributed by atoms with E-state index in [9.17, 15) is 14.9 Å². The Bertz CT molecular complexity index is 1350. The van der Waals surface area contributed by atoms with Gasteiger partial charge >= 0.3 is 5.97 Å². The maximum Gasteiger partial charge on any atom is 0.315 e. The van der Waals surface area contributed by atoms with Gasteiger partial charge in [0.15, 0.2) is 5.82 Å². The fourth-order valence-corrected chi connectivity index (χ4v) is 4.66. The summed E-state index contributed by atoms with van der Waals surface area (Å²) < 4.78 is 11.0. The maximum absolute atomic E-state index is 13.1. The number of allylic oxidation sites excluding steroid dienone is 2. The lowest BCUT2D eigenvalue weighted by atomic mass is 9.75. The molecule has 0 saturated heterocycles. The van der Waals surface area contributed by atoms with E-state index in [1.807, 2.05) is 37.4 Å². The molecule has 3 aromatic rings. The highest BCUT2D eigenvalue weighted by Gasteiger charge is 2.42. The van der Waals surface area contributed by atoms with Crippen LogP contribution in [0.4, 0.5) is 5.69 Å². The second-order valence-corrected chi connectivity index (χ2v) is 8.99. The Morgan fingerprint density at radius 1 is 1.14 bits per heavy atom. The number of nitro groups is 1. The number of non-ortho nitro benzene ring substituents is 1. The van der Waals surface area contributed by atoms with Crippen LogP contribution in [-0.4, -0.2) is 45.3 Å². The van der Waals surface area contributed by atoms with Gasteiger partial charge in [0, 0.05) is 41.6 Å². The molecule has 192 valence electrons. The summed E-state index contributed by atoms with van der Waals surface area (Å²) in [6, 6.07) is 16.3. The van der Waals surface area contributed by atoms with E-state index in [4.69, 9.17) is 9.26 Å². The first kappa shape index (κ1) is 25.9. The van der Waals surface area contributed by atoms with Crippen LogP contribution < -0.4 is 0 Å². The molecule has 0 aliphatic carbocycles. The Hall–Kier alpha value is -4.18. The second-order valence-electron chi connectivity index (χ2n) is 8.99. The molecule has 0 radical (unpaired) electrons. The van der Waals surface area contributed by atoms with E-state index in [-0.39, 0.29) is 18.2 Å². The van der Waals surface area contributed by atoms with Gasteiger partial charge in [-0.05, 0) is 38.9 Å². The smallest absolute Gasteiger partial charge is 0.315 e. The van der Waals surface area contributed by atoms with Crippen molar-refractivity contribution < 1.29 is 19.0 Å². The molecule has 2 atom stereocenters. The minimum absolute atomic E-state index is 0.0777. The molecule has 10 nitrogen and oxygen atoms in total. The molecular weight excluding hydrogens is 474 g/mol. The van der Waals surface area contributed by atoms with Gasteiger partial charge < -0.3 is 9.26 Å². The fourth-order valence-electron chi connectivity index (χ4n) is 4.66. The highest BCUT2D eigenvalue weighted by molar-refractivity contribution is 6.06. The summed E-state index contributed by atoms with van der Waals surface area (Å²) in [5, 5.41) is 15.7. The molecule has 0 amide bonds. The summed E-state index contributed by atoms with van der Waals surface area (Å²) in [5.74, 6) is -1.20. The first-order valence-electron chi connectivity index (χ1n) is 12.0. The molecule has 1 aliphatic rings. The highest BCUT2D eigenvalue weighted by Crippen LogP contribution is 2.44. The molecule has 10 heteroatoms. The van der Waals surface area contributed by atoms with Gasteiger partial charge in [0.25, 0.3) is 11.6 Å². The van der Waals surface area contributed by atoms with Crippen molar-refractivity contribution in [3.05, 3.63) is 93.3 Å². The molecule has 1 aromatic heterocycles. The molecule has 0 saturated carbocycles. The average molecular weight is 504 g/mol. The van der Waals surface area contributed by atoms with Gasteiger partial charge in [0.2, 0.25) is 0 Å². The molecule has 0 spiro atoms. The van der Waals surface area contributed by atoms with E-state index in [0.29, 0.717) is 41.5 Å². The Labute approximate surface area is 214 Å². The predicted molar refractivity (Wildman–Crippen MR) is 138 cm³/mol. The van der Waals surface area contributed by atoms with Crippen LogP contribution >= 0.6 is 0 Å². The van der Waals surface area contributed by atoms with Gasteiger partial charge in [-0.25, -0.2) is 0 Å². The van der Waals surface area contributed by atoms with E-state index in [0.717, 1.165) is 5.56 Å². The van der Waals surface area contributed by atoms with Gasteiger partial charge in [0.1, 0.15) is 5.92 Å². The van der Waals surface area contributed by atoms with Gasteiger partial charge in [-0.1, -0.05) is 47.6 Å². The Balaban J connectivity index is 1.71. The number of nitro benzene ring substituents is 1. The number of carbonyl (C=O) groups is 1. The quantitative estimate of drug-likeness (QED) is 0.232. The number of hydrogen-bond acceptors (Lipinski definition) is 9. The number of rotatable bonds is 9. The molecule has 2 aromatic carbocycles. The van der Waals surface area contributed by atoms with Crippen LogP contribution in [0.1, 0.15) is 49.5 Å². The third kappa shape index (κ3) is 5.80. The van der Waals surface area contributed by atoms with E-state index >= 15 is 0 Å². The van der Waals surface area contributed by atoms with Crippen molar-refractivity contribution in [1.29, 1.82) is 0 Å². The number of benzene rings is 2. The minimum Gasteiger partial charge on any atom is -0.465 e. The van der Waals surface area contributed by atoms with Crippen LogP contribution in [0.2, 0.25) is 0 Å². The van der Waals surface area contributed by atoms with Crippen LogP contribution in [0.25, 0.3) is 5.57 Å². The van der Waals surface area contributed by atoms with Crippen molar-refractivity contribution in [3.63, 3.8) is 0 Å². The van der Waals surface area contributed by atoms with Gasteiger partial charge in [0.05, 0.1) is 18.1 Å². The molecule has 0 fully saturated rings. The lowest BCUT2D eigenvalue weighted by Crippen LogP contribution is -2.34. The van der Waals surface area contributed by atoms with E-state index in [2.05, 4.69) is 20.0 Å². The largest absolute Gasteiger partial charge is 0.465 e. The monoisotopic (exact) mass is 503 g/mol. The number of aromatic nitrogens is 2. The number of esters is 1. The lowest BCUT2D eigenvalue weighted by molar-refractivity contribution is -0.384. The van der Waals surface area contributed by atoms with Crippen molar-refractivity contribution in [3.8, 4) is 0 Å². The fraction of sp³-hybridized carbons (Fsp3) is 0.333. The maximum atomic E-state index is 13.1. The first-order valence-corrected chi connectivity index (χ1v) is 12.0. The zero-order valence-electron chi connectivity index (χ0n) is 21.2. The number of aliphatic imine (C=N–C) groups is 1. The first-order chi connectivity index (χ1) is 17.8. The van der Waals surface area contributed by atoms with E-state index in [1.165, 1.54) is 12.1 Å². The third-order valence-corrected chi connectivity index (χ3v) is 6.21. The van der Waals surface area contributed by atoms with Crippen LogP contribution in [0.15, 0.2) is 69.8 Å². The summed E-state index contributed by atoms with van der Waals surface area (Å²) in [7, 11) is 1.96. The van der Waals surface area contributed by atoms with Crippen molar-refractivity contribution in [2.45, 2.75) is 39.8 Å². The summed E-state index contributed by atoms with van der Waals surface area (Å²) in [6.45, 7) is 6.63. The van der Waals surface area contributed by atoms with Gasteiger partial charge in [-0.2, -0.15) is 4.98 Å². The summed E-state index contributed by atoms with van der Waals surface area (Å²) in [4.78, 5) is 35.4. The van der Waals surface area contributed by atoms with E-state index < -0.39 is 22.7 Å². The molecule has 0 N–H and O–H groups in total. The third-order valence-electron chi connectivity index (χ3n) is 6.21. The number of nitrogens with zero attached hydrogens (tertiary/aromatic N) is 5. The SMILES string of the molecule is CCOC(=O)C1C(C)=NC(C)=C(c2nc(CN(C)Cc3ccccc3)no2)C1c1cccc([N+](=O)[O-])c1. The van der Waals surface area contributed by atoms with Gasteiger partial charge in [-0.3, -0.25) is 24.8 Å². The molecule has 4 rings (SSSR count). The normalized spacial score (nSPS) is 17.6. The molecular formula is C27H29N5O5. The Morgan fingerprint density at radius 3 is 2.59 bits per heavy atom. The predicted octanol–water partition coefficient (Wildman–Crippen LogP) is 4.78. The lowest BCUT2D eigenvalue weighted by Gasteiger charge is -2.31. The molecule has 2 heterocycles. The topological polar surface area (TPSA) is 124 Å². The standard InChI is InChI=1S/C27H29N5O5/c1-5-36-27(33)24-18(3)28-17(2)23(25(24)20-12-9-13-21(14-20)32(34)35)26-29-22(30-37-26)16-31(4)15-19-10-7-6-8-11-19/h6-14,24-25H,5,15-16H2,1-4H3. The number of hydrogen-bond donors (Lipinski definition) is 0. The van der Waals surface area contributed by atoms with Crippen LogP contribution in [0, 0.1) is 16.0 Å². The van der Waals surface area contributed by atoms with E-state index in [1.54, 1.807) is 32.9 Å². The van der Waals surface area contributed by atoms with Crippen LogP contribution in [0.3, 0.4) is 0 Å². The summed E-state index contributed by atoms with van der Waals surface area (Å²) in [6.07, 6.45) is 0. The number of carbonyl (C=O) groups excluding carboxylic acids is 1. The Morgan fingerprint density at radius 2 is 1.89 bits per heavy atom. The van der Waals surface area contributed by atoms with Crippen molar-refractivity contribution in [2.24, 2.45) is 10.9 Å². The summed E-state index contributed by atoms with van der Waals surface area (Å²) >= 11 is 0. The second kappa shape index (κ2) is 11.3. The van der Waals surface area contributed by atoms with Crippen molar-refractivity contribution in [2.75, 3.05) is 13.7 Å². The molecule has 1 aliphatic heterocycles. The molecule has 0 bridgehead atoms. The van der Waals surface area contributed by atoms with Crippen molar-refractivity contribution >= 4 is 22.9 Å².